The lowest BCUT2D eigenvalue weighted by Gasteiger charge is -2.28. The Morgan fingerprint density at radius 3 is 1.72 bits per heavy atom. The summed E-state index contributed by atoms with van der Waals surface area (Å²) in [7, 11) is 0. The molecule has 0 saturated carbocycles. The van der Waals surface area contributed by atoms with E-state index in [-0.39, 0.29) is 5.97 Å². The number of carbonyl (C=O) groups is 1. The maximum atomic E-state index is 12.8. The summed E-state index contributed by atoms with van der Waals surface area (Å²) >= 11 is 0. The van der Waals surface area contributed by atoms with Crippen molar-refractivity contribution in [3.05, 3.63) is 108 Å². The number of ether oxygens (including phenoxy) is 2. The van der Waals surface area contributed by atoms with Gasteiger partial charge in [0.05, 0.1) is 0 Å². The molecule has 0 radical (unpaired) electrons. The van der Waals surface area contributed by atoms with Gasteiger partial charge in [0, 0.05) is 11.1 Å². The van der Waals surface area contributed by atoms with E-state index < -0.39 is 6.29 Å². The van der Waals surface area contributed by atoms with Crippen LogP contribution in [-0.4, -0.2) is 5.97 Å². The quantitative estimate of drug-likeness (QED) is 0.646. The van der Waals surface area contributed by atoms with Crippen LogP contribution >= 0.6 is 0 Å². The Bertz CT molecular complexity index is 900. The van der Waals surface area contributed by atoms with Gasteiger partial charge in [0.25, 0.3) is 6.29 Å². The molecule has 3 nitrogen and oxygen atoms in total. The molecule has 3 heteroatoms. The standard InChI is InChI=1S/C22H16O3/c23-21-19(16-10-4-1-5-11-16)20(17-12-6-2-7-13-17)24-22(25-21)18-14-8-3-9-15-18/h1-15,22H. The second kappa shape index (κ2) is 6.65. The molecule has 0 aliphatic carbocycles. The van der Waals surface area contributed by atoms with Crippen molar-refractivity contribution in [2.45, 2.75) is 6.29 Å². The Morgan fingerprint density at radius 1 is 0.600 bits per heavy atom. The Labute approximate surface area is 146 Å². The monoisotopic (exact) mass is 328 g/mol. The first-order chi connectivity index (χ1) is 12.3. The third-order valence-electron chi connectivity index (χ3n) is 4.04. The average Bonchev–Trinajstić information content (AvgIpc) is 2.69. The van der Waals surface area contributed by atoms with Crippen molar-refractivity contribution < 1.29 is 14.3 Å². The maximum absolute atomic E-state index is 12.8. The van der Waals surface area contributed by atoms with E-state index >= 15 is 0 Å². The van der Waals surface area contributed by atoms with Crippen LogP contribution in [0.3, 0.4) is 0 Å². The molecule has 1 atom stereocenters. The van der Waals surface area contributed by atoms with Crippen LogP contribution in [0.4, 0.5) is 0 Å². The fourth-order valence-corrected chi connectivity index (χ4v) is 2.84. The van der Waals surface area contributed by atoms with E-state index in [2.05, 4.69) is 0 Å². The van der Waals surface area contributed by atoms with E-state index in [1.54, 1.807) is 0 Å². The third-order valence-corrected chi connectivity index (χ3v) is 4.04. The molecule has 0 saturated heterocycles. The van der Waals surface area contributed by atoms with Crippen molar-refractivity contribution in [2.24, 2.45) is 0 Å². The molecule has 0 amide bonds. The van der Waals surface area contributed by atoms with Gasteiger partial charge >= 0.3 is 5.97 Å². The zero-order valence-electron chi connectivity index (χ0n) is 13.5. The van der Waals surface area contributed by atoms with Gasteiger partial charge in [-0.25, -0.2) is 4.79 Å². The minimum Gasteiger partial charge on any atom is -0.449 e. The Balaban J connectivity index is 1.84. The van der Waals surface area contributed by atoms with E-state index in [0.717, 1.165) is 16.7 Å². The third kappa shape index (κ3) is 3.04. The molecule has 0 spiro atoms. The summed E-state index contributed by atoms with van der Waals surface area (Å²) in [6.45, 7) is 0. The van der Waals surface area contributed by atoms with Gasteiger partial charge in [-0.1, -0.05) is 91.0 Å². The van der Waals surface area contributed by atoms with E-state index in [0.29, 0.717) is 11.3 Å². The fourth-order valence-electron chi connectivity index (χ4n) is 2.84. The van der Waals surface area contributed by atoms with Crippen LogP contribution in [0.1, 0.15) is 23.0 Å². The number of benzene rings is 3. The lowest BCUT2D eigenvalue weighted by molar-refractivity contribution is -0.164. The van der Waals surface area contributed by atoms with Crippen molar-refractivity contribution >= 4 is 17.3 Å². The molecule has 1 aliphatic heterocycles. The molecule has 4 rings (SSSR count). The predicted octanol–water partition coefficient (Wildman–Crippen LogP) is 4.83. The summed E-state index contributed by atoms with van der Waals surface area (Å²) in [5, 5.41) is 0. The molecule has 0 aromatic heterocycles. The second-order valence-corrected chi connectivity index (χ2v) is 5.70. The summed E-state index contributed by atoms with van der Waals surface area (Å²) in [5.41, 5.74) is 2.87. The van der Waals surface area contributed by atoms with Crippen LogP contribution in [0.5, 0.6) is 0 Å². The number of cyclic esters (lactones) is 1. The van der Waals surface area contributed by atoms with E-state index in [1.807, 2.05) is 91.0 Å². The van der Waals surface area contributed by atoms with E-state index in [4.69, 9.17) is 9.47 Å². The fraction of sp³-hybridized carbons (Fsp3) is 0.0455. The van der Waals surface area contributed by atoms with Crippen LogP contribution in [0, 0.1) is 0 Å². The van der Waals surface area contributed by atoms with Gasteiger partial charge in [-0.2, -0.15) is 0 Å². The zero-order chi connectivity index (χ0) is 17.1. The highest BCUT2D eigenvalue weighted by Gasteiger charge is 2.32. The van der Waals surface area contributed by atoms with Gasteiger partial charge in [0.15, 0.2) is 0 Å². The minimum absolute atomic E-state index is 0.384. The highest BCUT2D eigenvalue weighted by atomic mass is 16.7. The van der Waals surface area contributed by atoms with Gasteiger partial charge in [-0.15, -0.1) is 0 Å². The highest BCUT2D eigenvalue weighted by Crippen LogP contribution is 2.38. The second-order valence-electron chi connectivity index (χ2n) is 5.70. The number of rotatable bonds is 3. The zero-order valence-corrected chi connectivity index (χ0v) is 13.5. The molecule has 3 aromatic rings. The number of carbonyl (C=O) groups excluding carboxylic acids is 1. The first-order valence-corrected chi connectivity index (χ1v) is 8.10. The van der Waals surface area contributed by atoms with E-state index in [9.17, 15) is 4.79 Å². The molecule has 1 aliphatic rings. The van der Waals surface area contributed by atoms with E-state index in [1.165, 1.54) is 0 Å². The van der Waals surface area contributed by atoms with Gasteiger partial charge in [-0.05, 0) is 5.56 Å². The van der Waals surface area contributed by atoms with Crippen LogP contribution < -0.4 is 0 Å². The summed E-state index contributed by atoms with van der Waals surface area (Å²) < 4.78 is 11.7. The minimum atomic E-state index is -0.753. The van der Waals surface area contributed by atoms with Crippen LogP contribution in [0.15, 0.2) is 91.0 Å². The van der Waals surface area contributed by atoms with Gasteiger partial charge in [0.1, 0.15) is 11.3 Å². The summed E-state index contributed by atoms with van der Waals surface area (Å²) in [6, 6.07) is 28.6. The molecule has 25 heavy (non-hydrogen) atoms. The summed E-state index contributed by atoms with van der Waals surface area (Å²) in [6.07, 6.45) is -0.753. The normalized spacial score (nSPS) is 17.0. The first kappa shape index (κ1) is 15.2. The molecule has 0 fully saturated rings. The van der Waals surface area contributed by atoms with Gasteiger partial charge in [-0.3, -0.25) is 0 Å². The molecular weight excluding hydrogens is 312 g/mol. The lowest BCUT2D eigenvalue weighted by atomic mass is 10.00. The number of esters is 1. The van der Waals surface area contributed by atoms with Crippen LogP contribution in [-0.2, 0) is 14.3 Å². The molecule has 3 aromatic carbocycles. The summed E-state index contributed by atoms with van der Waals surface area (Å²) in [4.78, 5) is 12.8. The predicted molar refractivity (Wildman–Crippen MR) is 96.1 cm³/mol. The lowest BCUT2D eigenvalue weighted by Crippen LogP contribution is -2.22. The van der Waals surface area contributed by atoms with Crippen molar-refractivity contribution in [1.29, 1.82) is 0 Å². The first-order valence-electron chi connectivity index (χ1n) is 8.10. The number of hydrogen-bond donors (Lipinski definition) is 0. The molecule has 0 N–H and O–H groups in total. The molecule has 122 valence electrons. The summed E-state index contributed by atoms with van der Waals surface area (Å²) in [5.74, 6) is 0.155. The average molecular weight is 328 g/mol. The SMILES string of the molecule is O=C1OC(c2ccccc2)OC(c2ccccc2)=C1c1ccccc1. The Morgan fingerprint density at radius 2 is 1.12 bits per heavy atom. The van der Waals surface area contributed by atoms with Gasteiger partial charge in [0.2, 0.25) is 0 Å². The molecule has 1 unspecified atom stereocenters. The van der Waals surface area contributed by atoms with Crippen LogP contribution in [0.2, 0.25) is 0 Å². The Hall–Kier alpha value is -3.33. The van der Waals surface area contributed by atoms with Gasteiger partial charge < -0.3 is 9.47 Å². The Kier molecular flexibility index (Phi) is 4.05. The van der Waals surface area contributed by atoms with Crippen molar-refractivity contribution in [3.63, 3.8) is 0 Å². The largest absolute Gasteiger partial charge is 0.449 e. The van der Waals surface area contributed by atoms with Crippen molar-refractivity contribution in [1.82, 2.24) is 0 Å². The smallest absolute Gasteiger partial charge is 0.345 e. The molecule has 1 heterocycles. The van der Waals surface area contributed by atoms with Crippen molar-refractivity contribution in [2.75, 3.05) is 0 Å². The molecular formula is C22H16O3. The topological polar surface area (TPSA) is 35.5 Å². The molecule has 0 bridgehead atoms. The maximum Gasteiger partial charge on any atom is 0.345 e. The van der Waals surface area contributed by atoms with Crippen LogP contribution in [0.25, 0.3) is 11.3 Å². The number of hydrogen-bond acceptors (Lipinski definition) is 3. The highest BCUT2D eigenvalue weighted by molar-refractivity contribution is 6.24. The van der Waals surface area contributed by atoms with Crippen molar-refractivity contribution in [3.8, 4) is 0 Å².